The molecule has 25 heavy (non-hydrogen) atoms. The van der Waals surface area contributed by atoms with Crippen LogP contribution < -0.4 is 9.47 Å². The molecule has 0 amide bonds. The maximum absolute atomic E-state index is 11.2. The van der Waals surface area contributed by atoms with Crippen molar-refractivity contribution in [2.45, 2.75) is 50.4 Å². The third kappa shape index (κ3) is 8.72. The summed E-state index contributed by atoms with van der Waals surface area (Å²) >= 11 is 0. The molecule has 2 N–H and O–H groups in total. The van der Waals surface area contributed by atoms with Crippen LogP contribution >= 0.6 is 0 Å². The van der Waals surface area contributed by atoms with E-state index >= 15 is 0 Å². The quantitative estimate of drug-likeness (QED) is 0.445. The van der Waals surface area contributed by atoms with Gasteiger partial charge < -0.3 is 9.47 Å². The SMILES string of the molecule is CCCC(Oc1ccc(OC(CCC)S(=O)(=O)O)cc1)S(=O)(=O)O.[NaH]. The Morgan fingerprint density at radius 2 is 1.08 bits per heavy atom. The Balaban J connectivity index is 0.00000576. The summed E-state index contributed by atoms with van der Waals surface area (Å²) in [6, 6.07) is 5.54. The Kier molecular flexibility index (Phi) is 10.6. The van der Waals surface area contributed by atoms with Crippen LogP contribution in [0.15, 0.2) is 24.3 Å². The molecule has 1 aromatic carbocycles. The van der Waals surface area contributed by atoms with Crippen molar-refractivity contribution in [2.24, 2.45) is 0 Å². The van der Waals surface area contributed by atoms with Gasteiger partial charge in [-0.2, -0.15) is 16.8 Å². The van der Waals surface area contributed by atoms with Crippen LogP contribution in [0, 0.1) is 0 Å². The number of hydrogen-bond acceptors (Lipinski definition) is 6. The van der Waals surface area contributed by atoms with Crippen molar-refractivity contribution in [2.75, 3.05) is 0 Å². The summed E-state index contributed by atoms with van der Waals surface area (Å²) < 4.78 is 73.6. The zero-order valence-corrected chi connectivity index (χ0v) is 15.1. The molecule has 1 rings (SSSR count). The van der Waals surface area contributed by atoms with Gasteiger partial charge in [-0.25, -0.2) is 0 Å². The second-order valence-electron chi connectivity index (χ2n) is 5.17. The van der Waals surface area contributed by atoms with Crippen molar-refractivity contribution in [3.63, 3.8) is 0 Å². The third-order valence-electron chi connectivity index (χ3n) is 3.07. The minimum atomic E-state index is -4.35. The monoisotopic (exact) mass is 406 g/mol. The van der Waals surface area contributed by atoms with E-state index in [9.17, 15) is 16.8 Å². The summed E-state index contributed by atoms with van der Waals surface area (Å²) in [5.74, 6) is 0.356. The third-order valence-corrected chi connectivity index (χ3v) is 5.06. The zero-order valence-electron chi connectivity index (χ0n) is 13.5. The van der Waals surface area contributed by atoms with E-state index in [1.807, 2.05) is 0 Å². The second-order valence-corrected chi connectivity index (χ2v) is 8.28. The first kappa shape index (κ1) is 24.6. The van der Waals surface area contributed by atoms with Crippen LogP contribution in [0.4, 0.5) is 0 Å². The zero-order chi connectivity index (χ0) is 18.4. The molecule has 0 saturated heterocycles. The topological polar surface area (TPSA) is 127 Å². The molecular formula is C14H23NaO8S2. The van der Waals surface area contributed by atoms with E-state index < -0.39 is 31.1 Å². The Bertz CT molecular complexity index is 653. The van der Waals surface area contributed by atoms with Gasteiger partial charge in [0.25, 0.3) is 0 Å². The molecule has 2 atom stereocenters. The molecule has 0 saturated carbocycles. The van der Waals surface area contributed by atoms with E-state index in [0.29, 0.717) is 12.8 Å². The molecule has 1 aromatic rings. The van der Waals surface area contributed by atoms with Gasteiger partial charge in [0.1, 0.15) is 11.5 Å². The predicted octanol–water partition coefficient (Wildman–Crippen LogP) is 1.82. The van der Waals surface area contributed by atoms with Crippen LogP contribution in [0.5, 0.6) is 11.5 Å². The average molecular weight is 406 g/mol. The van der Waals surface area contributed by atoms with Gasteiger partial charge in [0.2, 0.25) is 10.9 Å². The average Bonchev–Trinajstić information content (AvgIpc) is 2.46. The molecule has 8 nitrogen and oxygen atoms in total. The number of rotatable bonds is 10. The van der Waals surface area contributed by atoms with Crippen LogP contribution in [0.25, 0.3) is 0 Å². The number of ether oxygens (including phenoxy) is 2. The molecule has 11 heteroatoms. The summed E-state index contributed by atoms with van der Waals surface area (Å²) in [5.41, 5.74) is -2.75. The van der Waals surface area contributed by atoms with Crippen LogP contribution in [-0.2, 0) is 20.2 Å². The first-order valence-corrected chi connectivity index (χ1v) is 10.4. The fourth-order valence-corrected chi connectivity index (χ4v) is 3.44. The summed E-state index contributed by atoms with van der Waals surface area (Å²) in [7, 11) is -8.69. The van der Waals surface area contributed by atoms with Crippen molar-refractivity contribution < 1.29 is 35.4 Å². The van der Waals surface area contributed by atoms with Crippen molar-refractivity contribution in [3.05, 3.63) is 24.3 Å². The normalized spacial score (nSPS) is 14.2. The summed E-state index contributed by atoms with van der Waals surface area (Å²) in [6.45, 7) is 3.50. The molecule has 0 spiro atoms. The van der Waals surface area contributed by atoms with Gasteiger partial charge in [-0.1, -0.05) is 26.7 Å². The van der Waals surface area contributed by atoms with E-state index in [2.05, 4.69) is 0 Å². The molecule has 0 aliphatic carbocycles. The van der Waals surface area contributed by atoms with Gasteiger partial charge >= 0.3 is 49.8 Å². The van der Waals surface area contributed by atoms with Crippen molar-refractivity contribution in [1.29, 1.82) is 0 Å². The van der Waals surface area contributed by atoms with Gasteiger partial charge in [-0.3, -0.25) is 9.11 Å². The molecule has 2 unspecified atom stereocenters. The van der Waals surface area contributed by atoms with Crippen LogP contribution in [0.2, 0.25) is 0 Å². The van der Waals surface area contributed by atoms with Gasteiger partial charge in [0, 0.05) is 12.8 Å². The molecule has 0 radical (unpaired) electrons. The predicted molar refractivity (Wildman–Crippen MR) is 95.3 cm³/mol. The van der Waals surface area contributed by atoms with Crippen molar-refractivity contribution in [3.8, 4) is 11.5 Å². The fraction of sp³-hybridized carbons (Fsp3) is 0.571. The minimum absolute atomic E-state index is 0. The van der Waals surface area contributed by atoms with Gasteiger partial charge in [-0.05, 0) is 24.3 Å². The first-order valence-electron chi connectivity index (χ1n) is 7.43. The molecule has 0 fully saturated rings. The number of benzene rings is 1. The van der Waals surface area contributed by atoms with Crippen molar-refractivity contribution in [1.82, 2.24) is 0 Å². The summed E-state index contributed by atoms with van der Waals surface area (Å²) in [4.78, 5) is 0. The summed E-state index contributed by atoms with van der Waals surface area (Å²) in [6.07, 6.45) is 1.24. The molecule has 0 aliphatic rings. The Morgan fingerprint density at radius 3 is 1.28 bits per heavy atom. The Hall–Kier alpha value is -0.360. The van der Waals surface area contributed by atoms with Crippen LogP contribution in [0.3, 0.4) is 0 Å². The van der Waals surface area contributed by atoms with E-state index in [1.165, 1.54) is 24.3 Å². The first-order chi connectivity index (χ1) is 11.1. The maximum atomic E-state index is 11.2. The van der Waals surface area contributed by atoms with Gasteiger partial charge in [0.05, 0.1) is 0 Å². The van der Waals surface area contributed by atoms with Gasteiger partial charge in [-0.15, -0.1) is 0 Å². The fourth-order valence-electron chi connectivity index (χ4n) is 1.91. The molecule has 0 aromatic heterocycles. The van der Waals surface area contributed by atoms with E-state index in [-0.39, 0.29) is 53.9 Å². The van der Waals surface area contributed by atoms with Crippen LogP contribution in [-0.4, -0.2) is 66.4 Å². The van der Waals surface area contributed by atoms with E-state index in [0.717, 1.165) is 0 Å². The molecule has 0 aliphatic heterocycles. The summed E-state index contributed by atoms with van der Waals surface area (Å²) in [5, 5.41) is 0. The molecule has 0 heterocycles. The van der Waals surface area contributed by atoms with Crippen molar-refractivity contribution >= 4 is 49.8 Å². The van der Waals surface area contributed by atoms with E-state index in [4.69, 9.17) is 18.6 Å². The standard InChI is InChI=1S/C14H22O8S2.Na.H/c1-3-5-13(23(15,16)17)21-11-7-9-12(10-8-11)22-14(6-4-2)24(18,19)20;;/h7-10,13-14H,3-6H2,1-2H3,(H,15,16,17)(H,18,19,20);;. The van der Waals surface area contributed by atoms with E-state index in [1.54, 1.807) is 13.8 Å². The van der Waals surface area contributed by atoms with Crippen LogP contribution in [0.1, 0.15) is 39.5 Å². The Morgan fingerprint density at radius 1 is 0.800 bits per heavy atom. The second kappa shape index (κ2) is 10.7. The molecule has 140 valence electrons. The molecular weight excluding hydrogens is 383 g/mol. The number of hydrogen-bond donors (Lipinski definition) is 2. The van der Waals surface area contributed by atoms with Gasteiger partial charge in [0.15, 0.2) is 0 Å². The Labute approximate surface area is 170 Å². The molecule has 0 bridgehead atoms.